The van der Waals surface area contributed by atoms with Gasteiger partial charge in [-0.25, -0.2) is 0 Å². The van der Waals surface area contributed by atoms with Crippen LogP contribution in [0, 0.1) is 0 Å². The van der Waals surface area contributed by atoms with Gasteiger partial charge in [0.05, 0.1) is 14.2 Å². The third-order valence-corrected chi connectivity index (χ3v) is 3.57. The molecule has 3 nitrogen and oxygen atoms in total. The largest absolute Gasteiger partial charge is 0.493 e. The molecule has 0 bridgehead atoms. The SMILES string of the molecule is COc1cccc(CNCc2ccc(Br)cc2)c1OC. The van der Waals surface area contributed by atoms with Gasteiger partial charge in [-0.05, 0) is 23.8 Å². The molecular weight excluding hydrogens is 318 g/mol. The summed E-state index contributed by atoms with van der Waals surface area (Å²) in [5.41, 5.74) is 2.33. The van der Waals surface area contributed by atoms with Gasteiger partial charge in [-0.2, -0.15) is 0 Å². The maximum absolute atomic E-state index is 5.41. The zero-order valence-corrected chi connectivity index (χ0v) is 13.2. The van der Waals surface area contributed by atoms with Gasteiger partial charge < -0.3 is 14.8 Å². The van der Waals surface area contributed by atoms with Crippen LogP contribution in [0.25, 0.3) is 0 Å². The molecule has 0 saturated heterocycles. The number of methoxy groups -OCH3 is 2. The van der Waals surface area contributed by atoms with E-state index >= 15 is 0 Å². The fourth-order valence-corrected chi connectivity index (χ4v) is 2.30. The first-order valence-corrected chi connectivity index (χ1v) is 7.19. The summed E-state index contributed by atoms with van der Waals surface area (Å²) in [6.45, 7) is 1.55. The van der Waals surface area contributed by atoms with Crippen LogP contribution < -0.4 is 14.8 Å². The van der Waals surface area contributed by atoms with Crippen molar-refractivity contribution < 1.29 is 9.47 Å². The Bertz CT molecular complexity index is 555. The number of hydrogen-bond acceptors (Lipinski definition) is 3. The van der Waals surface area contributed by atoms with Gasteiger partial charge in [-0.1, -0.05) is 40.2 Å². The maximum Gasteiger partial charge on any atom is 0.165 e. The minimum absolute atomic E-state index is 0.733. The first kappa shape index (κ1) is 14.9. The number of hydrogen-bond donors (Lipinski definition) is 1. The van der Waals surface area contributed by atoms with E-state index < -0.39 is 0 Å². The molecule has 2 rings (SSSR count). The van der Waals surface area contributed by atoms with E-state index in [0.29, 0.717) is 0 Å². The van der Waals surface area contributed by atoms with Crippen LogP contribution in [0.4, 0.5) is 0 Å². The normalized spacial score (nSPS) is 10.3. The average molecular weight is 336 g/mol. The lowest BCUT2D eigenvalue weighted by Crippen LogP contribution is -2.13. The highest BCUT2D eigenvalue weighted by atomic mass is 79.9. The standard InChI is InChI=1S/C16H18BrNO2/c1-19-15-5-3-4-13(16(15)20-2)11-18-10-12-6-8-14(17)9-7-12/h3-9,18H,10-11H2,1-2H3. The van der Waals surface area contributed by atoms with Crippen LogP contribution >= 0.6 is 15.9 Å². The molecule has 0 saturated carbocycles. The molecular formula is C16H18BrNO2. The molecule has 0 unspecified atom stereocenters. The van der Waals surface area contributed by atoms with Crippen molar-refractivity contribution in [1.82, 2.24) is 5.32 Å². The summed E-state index contributed by atoms with van der Waals surface area (Å²) < 4.78 is 11.8. The van der Waals surface area contributed by atoms with E-state index in [4.69, 9.17) is 9.47 Å². The van der Waals surface area contributed by atoms with E-state index in [-0.39, 0.29) is 0 Å². The third-order valence-electron chi connectivity index (χ3n) is 3.04. The molecule has 0 aromatic heterocycles. The molecule has 0 spiro atoms. The van der Waals surface area contributed by atoms with E-state index in [1.807, 2.05) is 30.3 Å². The highest BCUT2D eigenvalue weighted by Crippen LogP contribution is 2.30. The zero-order valence-electron chi connectivity index (χ0n) is 11.7. The van der Waals surface area contributed by atoms with Gasteiger partial charge in [-0.3, -0.25) is 0 Å². The first-order chi connectivity index (χ1) is 9.74. The van der Waals surface area contributed by atoms with Gasteiger partial charge in [0.25, 0.3) is 0 Å². The highest BCUT2D eigenvalue weighted by molar-refractivity contribution is 9.10. The summed E-state index contributed by atoms with van der Waals surface area (Å²) >= 11 is 3.43. The molecule has 0 radical (unpaired) electrons. The molecule has 0 aliphatic carbocycles. The first-order valence-electron chi connectivity index (χ1n) is 6.39. The van der Waals surface area contributed by atoms with Gasteiger partial charge in [0.15, 0.2) is 11.5 Å². The second-order valence-electron chi connectivity index (χ2n) is 4.38. The van der Waals surface area contributed by atoms with Gasteiger partial charge in [0, 0.05) is 23.1 Å². The van der Waals surface area contributed by atoms with Crippen molar-refractivity contribution in [3.8, 4) is 11.5 Å². The van der Waals surface area contributed by atoms with E-state index in [0.717, 1.165) is 34.6 Å². The third kappa shape index (κ3) is 3.74. The smallest absolute Gasteiger partial charge is 0.165 e. The van der Waals surface area contributed by atoms with E-state index in [1.165, 1.54) is 5.56 Å². The van der Waals surface area contributed by atoms with Crippen molar-refractivity contribution in [2.75, 3.05) is 14.2 Å². The van der Waals surface area contributed by atoms with E-state index in [9.17, 15) is 0 Å². The fraction of sp³-hybridized carbons (Fsp3) is 0.250. The Kier molecular flexibility index (Phi) is 5.44. The summed E-state index contributed by atoms with van der Waals surface area (Å²) in [5.74, 6) is 1.55. The van der Waals surface area contributed by atoms with Crippen LogP contribution in [0.5, 0.6) is 11.5 Å². The van der Waals surface area contributed by atoms with Gasteiger partial charge >= 0.3 is 0 Å². The fourth-order valence-electron chi connectivity index (χ4n) is 2.04. The Hall–Kier alpha value is -1.52. The van der Waals surface area contributed by atoms with Crippen LogP contribution in [-0.2, 0) is 13.1 Å². The predicted octanol–water partition coefficient (Wildman–Crippen LogP) is 3.76. The number of halogens is 1. The molecule has 0 atom stereocenters. The number of benzene rings is 2. The molecule has 0 heterocycles. The number of nitrogens with one attached hydrogen (secondary N) is 1. The van der Waals surface area contributed by atoms with Crippen molar-refractivity contribution in [2.45, 2.75) is 13.1 Å². The minimum Gasteiger partial charge on any atom is -0.493 e. The summed E-state index contributed by atoms with van der Waals surface area (Å²) in [4.78, 5) is 0. The maximum atomic E-state index is 5.41. The van der Waals surface area contributed by atoms with Gasteiger partial charge in [-0.15, -0.1) is 0 Å². The zero-order chi connectivity index (χ0) is 14.4. The predicted molar refractivity (Wildman–Crippen MR) is 84.2 cm³/mol. The van der Waals surface area contributed by atoms with Crippen LogP contribution in [0.1, 0.15) is 11.1 Å². The quantitative estimate of drug-likeness (QED) is 0.871. The molecule has 0 amide bonds. The summed E-state index contributed by atoms with van der Waals surface area (Å²) in [5, 5.41) is 3.41. The van der Waals surface area contributed by atoms with Gasteiger partial charge in [0.1, 0.15) is 0 Å². The Balaban J connectivity index is 1.98. The monoisotopic (exact) mass is 335 g/mol. The van der Waals surface area contributed by atoms with Crippen LogP contribution in [-0.4, -0.2) is 14.2 Å². The van der Waals surface area contributed by atoms with Crippen LogP contribution in [0.2, 0.25) is 0 Å². The van der Waals surface area contributed by atoms with E-state index in [1.54, 1.807) is 14.2 Å². The topological polar surface area (TPSA) is 30.5 Å². The molecule has 2 aromatic carbocycles. The lowest BCUT2D eigenvalue weighted by molar-refractivity contribution is 0.350. The lowest BCUT2D eigenvalue weighted by Gasteiger charge is -2.13. The van der Waals surface area contributed by atoms with Crippen molar-refractivity contribution in [1.29, 1.82) is 0 Å². The Morgan fingerprint density at radius 3 is 2.35 bits per heavy atom. The second kappa shape index (κ2) is 7.31. The lowest BCUT2D eigenvalue weighted by atomic mass is 10.1. The van der Waals surface area contributed by atoms with Crippen molar-refractivity contribution in [3.05, 3.63) is 58.1 Å². The summed E-state index contributed by atoms with van der Waals surface area (Å²) in [6.07, 6.45) is 0. The minimum atomic E-state index is 0.733. The van der Waals surface area contributed by atoms with E-state index in [2.05, 4.69) is 33.4 Å². The van der Waals surface area contributed by atoms with Crippen LogP contribution in [0.3, 0.4) is 0 Å². The Morgan fingerprint density at radius 1 is 0.950 bits per heavy atom. The van der Waals surface area contributed by atoms with Gasteiger partial charge in [0.2, 0.25) is 0 Å². The molecule has 20 heavy (non-hydrogen) atoms. The average Bonchev–Trinajstić information content (AvgIpc) is 2.49. The number of para-hydroxylation sites is 1. The molecule has 1 N–H and O–H groups in total. The van der Waals surface area contributed by atoms with Crippen molar-refractivity contribution in [2.24, 2.45) is 0 Å². The molecule has 106 valence electrons. The molecule has 0 aliphatic heterocycles. The number of rotatable bonds is 6. The highest BCUT2D eigenvalue weighted by Gasteiger charge is 2.08. The van der Waals surface area contributed by atoms with Crippen molar-refractivity contribution >= 4 is 15.9 Å². The Morgan fingerprint density at radius 2 is 1.70 bits per heavy atom. The Labute approximate surface area is 128 Å². The molecule has 2 aromatic rings. The second-order valence-corrected chi connectivity index (χ2v) is 5.30. The van der Waals surface area contributed by atoms with Crippen molar-refractivity contribution in [3.63, 3.8) is 0 Å². The molecule has 0 fully saturated rings. The summed E-state index contributed by atoms with van der Waals surface area (Å²) in [6, 6.07) is 14.2. The van der Waals surface area contributed by atoms with Crippen LogP contribution in [0.15, 0.2) is 46.9 Å². The molecule has 4 heteroatoms. The summed E-state index contributed by atoms with van der Waals surface area (Å²) in [7, 11) is 3.31. The number of ether oxygens (including phenoxy) is 2. The molecule has 0 aliphatic rings.